The summed E-state index contributed by atoms with van der Waals surface area (Å²) in [7, 11) is 1.74. The summed E-state index contributed by atoms with van der Waals surface area (Å²) >= 11 is 0. The van der Waals surface area contributed by atoms with Crippen LogP contribution in [0, 0.1) is 0 Å². The van der Waals surface area contributed by atoms with Gasteiger partial charge in [0.2, 0.25) is 0 Å². The van der Waals surface area contributed by atoms with E-state index in [1.165, 1.54) is 16.7 Å². The van der Waals surface area contributed by atoms with Gasteiger partial charge in [0.1, 0.15) is 23.9 Å². The first-order chi connectivity index (χ1) is 19.6. The Kier molecular flexibility index (Phi) is 6.04. The first kappa shape index (κ1) is 24.5. The topological polar surface area (TPSA) is 44.8 Å². The Labute approximate surface area is 234 Å². The second-order valence-corrected chi connectivity index (χ2v) is 10.8. The van der Waals surface area contributed by atoms with Crippen molar-refractivity contribution < 1.29 is 19.0 Å². The van der Waals surface area contributed by atoms with Crippen molar-refractivity contribution in [2.24, 2.45) is 0 Å². The number of rotatable bonds is 6. The molecule has 7 rings (SSSR count). The first-order valence-corrected chi connectivity index (χ1v) is 13.9. The maximum atomic E-state index is 13.5. The molecule has 198 valence electrons. The standard InChI is InChI=1S/C36H30O4/c1-38-31-11-5-9-25-17-19-36(33(25)31)20-18-26-10-6-12-32(34(26)36)40-35(37)29-14-13-28-22-30(16-15-27(28)21-29)39-23-24-7-3-2-4-8-24/h2-16,21-22H,17-20,23H2,1H3. The molecule has 0 radical (unpaired) electrons. The Balaban J connectivity index is 1.16. The maximum Gasteiger partial charge on any atom is 0.343 e. The molecule has 2 aliphatic rings. The average molecular weight is 527 g/mol. The lowest BCUT2D eigenvalue weighted by atomic mass is 9.76. The van der Waals surface area contributed by atoms with Gasteiger partial charge in [0.15, 0.2) is 0 Å². The predicted molar refractivity (Wildman–Crippen MR) is 157 cm³/mol. The zero-order valence-corrected chi connectivity index (χ0v) is 22.5. The summed E-state index contributed by atoms with van der Waals surface area (Å²) < 4.78 is 18.0. The minimum absolute atomic E-state index is 0.187. The number of carbonyl (C=O) groups excluding carboxylic acids is 1. The third kappa shape index (κ3) is 4.12. The average Bonchev–Trinajstić information content (AvgIpc) is 3.58. The summed E-state index contributed by atoms with van der Waals surface area (Å²) in [4.78, 5) is 13.5. The highest BCUT2D eigenvalue weighted by molar-refractivity contribution is 5.97. The molecule has 0 aromatic heterocycles. The lowest BCUT2D eigenvalue weighted by molar-refractivity contribution is 0.0732. The Hall–Kier alpha value is -4.57. The molecule has 5 aromatic rings. The summed E-state index contributed by atoms with van der Waals surface area (Å²) in [6.45, 7) is 0.510. The van der Waals surface area contributed by atoms with Gasteiger partial charge in [0.05, 0.1) is 12.7 Å². The molecule has 1 spiro atoms. The van der Waals surface area contributed by atoms with Gasteiger partial charge in [-0.15, -0.1) is 0 Å². The van der Waals surface area contributed by atoms with Crippen molar-refractivity contribution in [1.29, 1.82) is 0 Å². The van der Waals surface area contributed by atoms with Crippen LogP contribution in [0.4, 0.5) is 0 Å². The first-order valence-electron chi connectivity index (χ1n) is 13.9. The van der Waals surface area contributed by atoms with Crippen LogP contribution in [0.1, 0.15) is 51.0 Å². The molecule has 0 fully saturated rings. The van der Waals surface area contributed by atoms with Crippen LogP contribution in [0.2, 0.25) is 0 Å². The van der Waals surface area contributed by atoms with Gasteiger partial charge < -0.3 is 14.2 Å². The van der Waals surface area contributed by atoms with Crippen LogP contribution >= 0.6 is 0 Å². The highest BCUT2D eigenvalue weighted by atomic mass is 16.5. The smallest absolute Gasteiger partial charge is 0.343 e. The normalized spacial score (nSPS) is 17.0. The van der Waals surface area contributed by atoms with Crippen LogP contribution in [0.3, 0.4) is 0 Å². The van der Waals surface area contributed by atoms with Gasteiger partial charge in [-0.05, 0) is 89.5 Å². The fraction of sp³-hybridized carbons (Fsp3) is 0.194. The van der Waals surface area contributed by atoms with Crippen LogP contribution in [0.25, 0.3) is 10.8 Å². The van der Waals surface area contributed by atoms with Crippen LogP contribution < -0.4 is 14.2 Å². The van der Waals surface area contributed by atoms with Gasteiger partial charge in [0, 0.05) is 16.5 Å². The molecular formula is C36H30O4. The largest absolute Gasteiger partial charge is 0.496 e. The van der Waals surface area contributed by atoms with E-state index < -0.39 is 0 Å². The number of fused-ring (bicyclic) bond motifs is 5. The number of aryl methyl sites for hydroxylation is 2. The zero-order chi connectivity index (χ0) is 27.1. The van der Waals surface area contributed by atoms with Crippen molar-refractivity contribution in [3.8, 4) is 17.2 Å². The van der Waals surface area contributed by atoms with Crippen LogP contribution in [-0.2, 0) is 24.9 Å². The third-order valence-electron chi connectivity index (χ3n) is 8.54. The highest BCUT2D eigenvalue weighted by Crippen LogP contribution is 2.57. The minimum atomic E-state index is -0.347. The molecule has 1 unspecified atom stereocenters. The lowest BCUT2D eigenvalue weighted by Gasteiger charge is -2.29. The summed E-state index contributed by atoms with van der Waals surface area (Å²) in [5.41, 5.74) is 6.45. The Morgan fingerprint density at radius 1 is 0.725 bits per heavy atom. The molecule has 0 aliphatic heterocycles. The molecule has 40 heavy (non-hydrogen) atoms. The lowest BCUT2D eigenvalue weighted by Crippen LogP contribution is -2.23. The number of esters is 1. The maximum absolute atomic E-state index is 13.5. The Morgan fingerprint density at radius 2 is 1.40 bits per heavy atom. The van der Waals surface area contributed by atoms with Crippen LogP contribution in [0.5, 0.6) is 17.2 Å². The summed E-state index contributed by atoms with van der Waals surface area (Å²) in [6, 6.07) is 34.1. The van der Waals surface area contributed by atoms with Crippen molar-refractivity contribution >= 4 is 16.7 Å². The molecule has 4 nitrogen and oxygen atoms in total. The molecule has 0 N–H and O–H groups in total. The fourth-order valence-corrected chi connectivity index (χ4v) is 6.70. The third-order valence-corrected chi connectivity index (χ3v) is 8.54. The molecule has 0 saturated carbocycles. The molecule has 5 aromatic carbocycles. The summed E-state index contributed by atoms with van der Waals surface area (Å²) in [6.07, 6.45) is 3.95. The van der Waals surface area contributed by atoms with Gasteiger partial charge in [-0.2, -0.15) is 0 Å². The summed E-state index contributed by atoms with van der Waals surface area (Å²) in [5, 5.41) is 1.97. The molecule has 0 saturated heterocycles. The summed E-state index contributed by atoms with van der Waals surface area (Å²) in [5.74, 6) is 2.03. The Morgan fingerprint density at radius 3 is 2.15 bits per heavy atom. The van der Waals surface area contributed by atoms with Gasteiger partial charge >= 0.3 is 5.97 Å². The molecule has 0 heterocycles. The van der Waals surface area contributed by atoms with Crippen molar-refractivity contribution in [2.45, 2.75) is 37.7 Å². The van der Waals surface area contributed by atoms with Crippen molar-refractivity contribution in [2.75, 3.05) is 7.11 Å². The van der Waals surface area contributed by atoms with Crippen LogP contribution in [0.15, 0.2) is 103 Å². The molecule has 0 bridgehead atoms. The van der Waals surface area contributed by atoms with Crippen LogP contribution in [-0.4, -0.2) is 13.1 Å². The number of hydrogen-bond donors (Lipinski definition) is 0. The molecule has 1 atom stereocenters. The van der Waals surface area contributed by atoms with Crippen molar-refractivity contribution in [3.63, 3.8) is 0 Å². The van der Waals surface area contributed by atoms with Gasteiger partial charge in [-0.3, -0.25) is 0 Å². The number of methoxy groups -OCH3 is 1. The van der Waals surface area contributed by atoms with Gasteiger partial charge in [-0.25, -0.2) is 4.79 Å². The van der Waals surface area contributed by atoms with E-state index in [4.69, 9.17) is 14.2 Å². The SMILES string of the molecule is COc1cccc2c1C1(CC2)CCc2cccc(OC(=O)c3ccc4cc(OCc5ccccc5)ccc4c3)c21. The van der Waals surface area contributed by atoms with E-state index >= 15 is 0 Å². The van der Waals surface area contributed by atoms with Crippen molar-refractivity contribution in [3.05, 3.63) is 137 Å². The van der Waals surface area contributed by atoms with E-state index in [1.54, 1.807) is 7.11 Å². The molecular weight excluding hydrogens is 496 g/mol. The van der Waals surface area contributed by atoms with Gasteiger partial charge in [-0.1, -0.05) is 66.7 Å². The number of ether oxygens (including phenoxy) is 3. The van der Waals surface area contributed by atoms with E-state index in [0.29, 0.717) is 17.9 Å². The Bertz CT molecular complexity index is 1740. The van der Waals surface area contributed by atoms with E-state index in [1.807, 2.05) is 84.9 Å². The second kappa shape index (κ2) is 9.87. The zero-order valence-electron chi connectivity index (χ0n) is 22.5. The highest BCUT2D eigenvalue weighted by Gasteiger charge is 2.48. The molecule has 0 amide bonds. The number of benzene rings is 5. The molecule has 4 heteroatoms. The fourth-order valence-electron chi connectivity index (χ4n) is 6.70. The van der Waals surface area contributed by atoms with E-state index in [9.17, 15) is 4.79 Å². The van der Waals surface area contributed by atoms with Gasteiger partial charge in [0.25, 0.3) is 0 Å². The predicted octanol–water partition coefficient (Wildman–Crippen LogP) is 7.83. The molecule has 2 aliphatic carbocycles. The van der Waals surface area contributed by atoms with E-state index in [2.05, 4.69) is 18.2 Å². The quantitative estimate of drug-likeness (QED) is 0.167. The minimum Gasteiger partial charge on any atom is -0.496 e. The number of hydrogen-bond acceptors (Lipinski definition) is 4. The second-order valence-electron chi connectivity index (χ2n) is 10.8. The van der Waals surface area contributed by atoms with Crippen molar-refractivity contribution in [1.82, 2.24) is 0 Å². The number of carbonyl (C=O) groups is 1. The van der Waals surface area contributed by atoms with E-state index in [-0.39, 0.29) is 11.4 Å². The van der Waals surface area contributed by atoms with E-state index in [0.717, 1.165) is 59.1 Å². The monoisotopic (exact) mass is 526 g/mol.